The van der Waals surface area contributed by atoms with E-state index >= 15 is 0 Å². The van der Waals surface area contributed by atoms with Crippen LogP contribution in [0.2, 0.25) is 0 Å². The molecule has 0 spiro atoms. The highest BCUT2D eigenvalue weighted by atomic mass is 35.5. The first-order valence-corrected chi connectivity index (χ1v) is 7.39. The molecule has 0 fully saturated rings. The summed E-state index contributed by atoms with van der Waals surface area (Å²) >= 11 is 5.71. The van der Waals surface area contributed by atoms with Crippen molar-refractivity contribution in [2.45, 2.75) is 19.6 Å². The van der Waals surface area contributed by atoms with E-state index in [0.717, 1.165) is 5.52 Å². The molecule has 0 radical (unpaired) electrons. The molecule has 0 aliphatic heterocycles. The minimum atomic E-state index is -0.761. The summed E-state index contributed by atoms with van der Waals surface area (Å²) in [7, 11) is 0. The zero-order valence-corrected chi connectivity index (χ0v) is 12.7. The maximum atomic E-state index is 12.4. The van der Waals surface area contributed by atoms with Crippen molar-refractivity contribution in [3.05, 3.63) is 51.8 Å². The summed E-state index contributed by atoms with van der Waals surface area (Å²) in [5.74, 6) is 0.0800. The second kappa shape index (κ2) is 5.48. The Labute approximate surface area is 131 Å². The van der Waals surface area contributed by atoms with Gasteiger partial charge in [0.15, 0.2) is 0 Å². The van der Waals surface area contributed by atoms with Crippen molar-refractivity contribution in [2.75, 3.05) is 5.88 Å². The summed E-state index contributed by atoms with van der Waals surface area (Å²) in [5, 5.41) is 19.4. The van der Waals surface area contributed by atoms with Crippen molar-refractivity contribution in [1.82, 2.24) is 8.97 Å². The van der Waals surface area contributed by atoms with Crippen LogP contribution >= 0.6 is 11.6 Å². The third-order valence-corrected chi connectivity index (χ3v) is 4.10. The van der Waals surface area contributed by atoms with E-state index in [-0.39, 0.29) is 18.0 Å². The number of fused-ring (bicyclic) bond motifs is 3. The molecule has 2 aromatic heterocycles. The van der Waals surface area contributed by atoms with Crippen LogP contribution in [-0.4, -0.2) is 26.1 Å². The number of pyridine rings is 1. The number of hydrogen-bond donors (Lipinski definition) is 1. The van der Waals surface area contributed by atoms with E-state index < -0.39 is 6.10 Å². The first-order chi connectivity index (χ1) is 10.6. The summed E-state index contributed by atoms with van der Waals surface area (Å²) < 4.78 is 3.30. The molecule has 1 N–H and O–H groups in total. The summed E-state index contributed by atoms with van der Waals surface area (Å²) in [6, 6.07) is 11.0. The van der Waals surface area contributed by atoms with Crippen LogP contribution in [0, 0.1) is 18.3 Å². The number of rotatable bonds is 3. The zero-order chi connectivity index (χ0) is 15.9. The molecule has 112 valence electrons. The number of aryl methyl sites for hydroxylation is 1. The van der Waals surface area contributed by atoms with Crippen LogP contribution in [0.1, 0.15) is 11.1 Å². The molecule has 3 rings (SSSR count). The molecule has 5 nitrogen and oxygen atoms in total. The van der Waals surface area contributed by atoms with E-state index in [0.29, 0.717) is 22.3 Å². The Balaban J connectivity index is 2.54. The van der Waals surface area contributed by atoms with Gasteiger partial charge in [0.1, 0.15) is 11.7 Å². The fourth-order valence-electron chi connectivity index (χ4n) is 2.78. The van der Waals surface area contributed by atoms with Crippen LogP contribution in [0.5, 0.6) is 0 Å². The molecule has 0 bridgehead atoms. The monoisotopic (exact) mass is 315 g/mol. The number of alkyl halides is 1. The predicted molar refractivity (Wildman–Crippen MR) is 85.3 cm³/mol. The lowest BCUT2D eigenvalue weighted by molar-refractivity contribution is 0.179. The van der Waals surface area contributed by atoms with Crippen LogP contribution < -0.4 is 5.56 Å². The van der Waals surface area contributed by atoms with Gasteiger partial charge in [-0.05, 0) is 24.6 Å². The van der Waals surface area contributed by atoms with Crippen molar-refractivity contribution in [1.29, 1.82) is 5.26 Å². The lowest BCUT2D eigenvalue weighted by Gasteiger charge is -2.11. The number of nitriles is 1. The Morgan fingerprint density at radius 3 is 2.68 bits per heavy atom. The van der Waals surface area contributed by atoms with Gasteiger partial charge in [0.05, 0.1) is 35.1 Å². The van der Waals surface area contributed by atoms with E-state index in [4.69, 9.17) is 11.6 Å². The zero-order valence-electron chi connectivity index (χ0n) is 12.0. The number of hydrogen-bond acceptors (Lipinski definition) is 3. The van der Waals surface area contributed by atoms with E-state index in [9.17, 15) is 15.2 Å². The number of aliphatic hydroxyl groups excluding tert-OH is 1. The van der Waals surface area contributed by atoms with Gasteiger partial charge in [-0.25, -0.2) is 0 Å². The van der Waals surface area contributed by atoms with Crippen molar-refractivity contribution < 1.29 is 5.11 Å². The van der Waals surface area contributed by atoms with E-state index in [1.165, 1.54) is 10.5 Å². The van der Waals surface area contributed by atoms with E-state index in [1.54, 1.807) is 11.5 Å². The van der Waals surface area contributed by atoms with E-state index in [1.807, 2.05) is 24.3 Å². The molecule has 0 saturated carbocycles. The van der Waals surface area contributed by atoms with Crippen LogP contribution in [-0.2, 0) is 6.54 Å². The molecule has 0 saturated heterocycles. The fraction of sp³-hybridized carbons (Fsp3) is 0.250. The molecule has 22 heavy (non-hydrogen) atoms. The minimum Gasteiger partial charge on any atom is -0.390 e. The van der Waals surface area contributed by atoms with Gasteiger partial charge >= 0.3 is 0 Å². The fourth-order valence-corrected chi connectivity index (χ4v) is 2.88. The lowest BCUT2D eigenvalue weighted by atomic mass is 10.1. The average Bonchev–Trinajstić information content (AvgIpc) is 2.83. The molecule has 0 aliphatic carbocycles. The number of aromatic nitrogens is 2. The normalized spacial score (nSPS) is 12.6. The van der Waals surface area contributed by atoms with Crippen molar-refractivity contribution in [3.8, 4) is 6.07 Å². The Bertz CT molecular complexity index is 965. The standard InChI is InChI=1S/C16H14ClN3O2/c1-10-6-15(22)20-14-5-3-2-4-13(14)19(9-11(21)7-17)16(20)12(10)8-18/h2-6,11,21H,7,9H2,1H3/t11-/m0/s1. The Morgan fingerprint density at radius 2 is 2.05 bits per heavy atom. The number of aliphatic hydroxyl groups is 1. The minimum absolute atomic E-state index is 0.0800. The van der Waals surface area contributed by atoms with Crippen LogP contribution in [0.15, 0.2) is 35.1 Å². The van der Waals surface area contributed by atoms with Gasteiger partial charge in [-0.15, -0.1) is 11.6 Å². The Hall–Kier alpha value is -2.29. The van der Waals surface area contributed by atoms with Gasteiger partial charge in [-0.1, -0.05) is 12.1 Å². The van der Waals surface area contributed by atoms with Gasteiger partial charge in [-0.3, -0.25) is 9.20 Å². The predicted octanol–water partition coefficient (Wildman–Crippen LogP) is 2.03. The number of benzene rings is 1. The third kappa shape index (κ3) is 2.08. The van der Waals surface area contributed by atoms with Crippen LogP contribution in [0.25, 0.3) is 16.7 Å². The molecule has 0 aliphatic rings. The van der Waals surface area contributed by atoms with Crippen LogP contribution in [0.3, 0.4) is 0 Å². The average molecular weight is 316 g/mol. The number of para-hydroxylation sites is 2. The SMILES string of the molecule is Cc1cc(=O)n2c3ccccc3n(C[C@@H](O)CCl)c2c1C#N. The quantitative estimate of drug-likeness (QED) is 0.752. The molecule has 0 amide bonds. The summed E-state index contributed by atoms with van der Waals surface area (Å²) in [4.78, 5) is 12.4. The second-order valence-corrected chi connectivity index (χ2v) is 5.53. The number of nitrogens with zero attached hydrogens (tertiary/aromatic N) is 3. The summed E-state index contributed by atoms with van der Waals surface area (Å²) in [6.07, 6.45) is -0.761. The molecular formula is C16H14ClN3O2. The number of halogens is 1. The van der Waals surface area contributed by atoms with Gasteiger partial charge in [0.25, 0.3) is 5.56 Å². The molecule has 3 aromatic rings. The topological polar surface area (TPSA) is 70.4 Å². The molecular weight excluding hydrogens is 302 g/mol. The molecule has 1 atom stereocenters. The van der Waals surface area contributed by atoms with Gasteiger partial charge in [-0.2, -0.15) is 5.26 Å². The van der Waals surface area contributed by atoms with Gasteiger partial charge in [0.2, 0.25) is 0 Å². The summed E-state index contributed by atoms with van der Waals surface area (Å²) in [5.41, 5.74) is 2.85. The van der Waals surface area contributed by atoms with Gasteiger partial charge < -0.3 is 9.67 Å². The smallest absolute Gasteiger partial charge is 0.257 e. The largest absolute Gasteiger partial charge is 0.390 e. The van der Waals surface area contributed by atoms with Crippen molar-refractivity contribution >= 4 is 28.3 Å². The van der Waals surface area contributed by atoms with Crippen molar-refractivity contribution in [3.63, 3.8) is 0 Å². The lowest BCUT2D eigenvalue weighted by Crippen LogP contribution is -2.20. The molecule has 1 aromatic carbocycles. The van der Waals surface area contributed by atoms with E-state index in [2.05, 4.69) is 6.07 Å². The highest BCUT2D eigenvalue weighted by Crippen LogP contribution is 2.23. The number of imidazole rings is 1. The van der Waals surface area contributed by atoms with Crippen LogP contribution in [0.4, 0.5) is 0 Å². The third-order valence-electron chi connectivity index (χ3n) is 3.74. The molecule has 2 heterocycles. The first kappa shape index (κ1) is 14.6. The Morgan fingerprint density at radius 1 is 1.36 bits per heavy atom. The second-order valence-electron chi connectivity index (χ2n) is 5.22. The van der Waals surface area contributed by atoms with Crippen molar-refractivity contribution in [2.24, 2.45) is 0 Å². The Kier molecular flexibility index (Phi) is 3.65. The maximum absolute atomic E-state index is 12.4. The molecule has 0 unspecified atom stereocenters. The van der Waals surface area contributed by atoms with Gasteiger partial charge in [0, 0.05) is 6.07 Å². The summed E-state index contributed by atoms with van der Waals surface area (Å²) in [6.45, 7) is 1.96. The highest BCUT2D eigenvalue weighted by molar-refractivity contribution is 6.18. The highest BCUT2D eigenvalue weighted by Gasteiger charge is 2.18. The first-order valence-electron chi connectivity index (χ1n) is 6.86. The maximum Gasteiger partial charge on any atom is 0.257 e. The molecule has 6 heteroatoms.